The number of hydrogen-bond acceptors (Lipinski definition) is 7. The first-order valence-electron chi connectivity index (χ1n) is 4.72. The lowest BCUT2D eigenvalue weighted by molar-refractivity contribution is -0.389. The fourth-order valence-electron chi connectivity index (χ4n) is 1.19. The van der Waals surface area contributed by atoms with Crippen molar-refractivity contribution in [1.82, 2.24) is 19.7 Å². The van der Waals surface area contributed by atoms with E-state index in [0.717, 1.165) is 0 Å². The molecule has 0 atom stereocenters. The van der Waals surface area contributed by atoms with Crippen LogP contribution in [-0.2, 0) is 4.74 Å². The summed E-state index contributed by atoms with van der Waals surface area (Å²) in [5.41, 5.74) is 0.0444. The molecule has 0 fully saturated rings. The first-order chi connectivity index (χ1) is 8.61. The predicted octanol–water partition coefficient (Wildman–Crippen LogP) is 0.357. The van der Waals surface area contributed by atoms with E-state index in [1.165, 1.54) is 36.4 Å². The van der Waals surface area contributed by atoms with Gasteiger partial charge in [0.25, 0.3) is 0 Å². The number of rotatable bonds is 3. The molecule has 2 aromatic rings. The SMILES string of the molecule is COC(=O)c1cnc(-n2ccc([N+](=O)[O-])n2)cn1. The number of methoxy groups -OCH3 is 1. The Hall–Kier alpha value is -2.84. The van der Waals surface area contributed by atoms with Crippen molar-refractivity contribution in [1.29, 1.82) is 0 Å². The van der Waals surface area contributed by atoms with Crippen molar-refractivity contribution in [2.45, 2.75) is 0 Å². The van der Waals surface area contributed by atoms with Crippen molar-refractivity contribution in [2.75, 3.05) is 7.11 Å². The monoisotopic (exact) mass is 249 g/mol. The summed E-state index contributed by atoms with van der Waals surface area (Å²) in [7, 11) is 1.23. The lowest BCUT2D eigenvalue weighted by atomic mass is 10.4. The number of nitro groups is 1. The van der Waals surface area contributed by atoms with Crippen molar-refractivity contribution < 1.29 is 14.5 Å². The standard InChI is InChI=1S/C9H7N5O4/c1-18-9(15)6-4-11-8(5-10-6)13-3-2-7(12-13)14(16)17/h2-5H,1H3. The molecule has 0 aromatic carbocycles. The Morgan fingerprint density at radius 3 is 2.72 bits per heavy atom. The molecule has 0 unspecified atom stereocenters. The zero-order valence-corrected chi connectivity index (χ0v) is 9.18. The van der Waals surface area contributed by atoms with Gasteiger partial charge in [-0.2, -0.15) is 0 Å². The van der Waals surface area contributed by atoms with Gasteiger partial charge < -0.3 is 14.9 Å². The summed E-state index contributed by atoms with van der Waals surface area (Å²) in [6.45, 7) is 0. The van der Waals surface area contributed by atoms with Gasteiger partial charge in [0.1, 0.15) is 0 Å². The number of aromatic nitrogens is 4. The molecule has 0 amide bonds. The molecule has 0 aliphatic rings. The molecular weight excluding hydrogens is 242 g/mol. The van der Waals surface area contributed by atoms with Gasteiger partial charge in [-0.05, 0) is 4.92 Å². The summed E-state index contributed by atoms with van der Waals surface area (Å²) in [5, 5.41) is 14.1. The summed E-state index contributed by atoms with van der Waals surface area (Å²) < 4.78 is 5.65. The molecule has 0 saturated carbocycles. The van der Waals surface area contributed by atoms with Gasteiger partial charge in [-0.25, -0.2) is 14.8 Å². The van der Waals surface area contributed by atoms with E-state index in [1.54, 1.807) is 0 Å². The highest BCUT2D eigenvalue weighted by Gasteiger charge is 2.14. The number of carbonyl (C=O) groups excluding carboxylic acids is 1. The Morgan fingerprint density at radius 1 is 1.44 bits per heavy atom. The van der Waals surface area contributed by atoms with Gasteiger partial charge in [0.15, 0.2) is 11.5 Å². The third-order valence-electron chi connectivity index (χ3n) is 2.03. The fraction of sp³-hybridized carbons (Fsp3) is 0.111. The van der Waals surface area contributed by atoms with Crippen LogP contribution in [0.1, 0.15) is 10.5 Å². The molecule has 9 nitrogen and oxygen atoms in total. The van der Waals surface area contributed by atoms with E-state index in [2.05, 4.69) is 19.8 Å². The van der Waals surface area contributed by atoms with E-state index in [4.69, 9.17) is 0 Å². The molecular formula is C9H7N5O4. The highest BCUT2D eigenvalue weighted by atomic mass is 16.6. The van der Waals surface area contributed by atoms with Gasteiger partial charge in [-0.1, -0.05) is 0 Å². The summed E-state index contributed by atoms with van der Waals surface area (Å²) in [4.78, 5) is 28.7. The molecule has 92 valence electrons. The van der Waals surface area contributed by atoms with Crippen molar-refractivity contribution >= 4 is 11.8 Å². The van der Waals surface area contributed by atoms with Crippen LogP contribution in [0.15, 0.2) is 24.7 Å². The quantitative estimate of drug-likeness (QED) is 0.438. The van der Waals surface area contributed by atoms with Crippen LogP contribution in [0.25, 0.3) is 5.82 Å². The minimum atomic E-state index is -0.618. The third kappa shape index (κ3) is 2.14. The van der Waals surface area contributed by atoms with Gasteiger partial charge in [0.05, 0.1) is 36.9 Å². The van der Waals surface area contributed by atoms with E-state index in [0.29, 0.717) is 0 Å². The molecule has 0 aliphatic carbocycles. The van der Waals surface area contributed by atoms with Crippen molar-refractivity contribution in [2.24, 2.45) is 0 Å². The van der Waals surface area contributed by atoms with Crippen LogP contribution in [0.3, 0.4) is 0 Å². The Morgan fingerprint density at radius 2 is 2.22 bits per heavy atom. The Labute approximate surface area is 100 Å². The second-order valence-corrected chi connectivity index (χ2v) is 3.13. The minimum Gasteiger partial charge on any atom is -0.464 e. The van der Waals surface area contributed by atoms with E-state index < -0.39 is 10.9 Å². The van der Waals surface area contributed by atoms with Crippen molar-refractivity contribution in [3.63, 3.8) is 0 Å². The molecule has 0 radical (unpaired) electrons. The average molecular weight is 249 g/mol. The van der Waals surface area contributed by atoms with Gasteiger partial charge in [-0.3, -0.25) is 0 Å². The topological polar surface area (TPSA) is 113 Å². The lowest BCUT2D eigenvalue weighted by Gasteiger charge is -1.98. The smallest absolute Gasteiger partial charge is 0.390 e. The maximum absolute atomic E-state index is 11.1. The number of hydrogen-bond donors (Lipinski definition) is 0. The van der Waals surface area contributed by atoms with Crippen molar-refractivity contribution in [3.05, 3.63) is 40.5 Å². The maximum atomic E-state index is 11.1. The molecule has 0 spiro atoms. The van der Waals surface area contributed by atoms with E-state index in [-0.39, 0.29) is 17.3 Å². The average Bonchev–Trinajstić information content (AvgIpc) is 2.88. The molecule has 9 heteroatoms. The number of carbonyl (C=O) groups is 1. The third-order valence-corrected chi connectivity index (χ3v) is 2.03. The van der Waals surface area contributed by atoms with Gasteiger partial charge >= 0.3 is 11.8 Å². The molecule has 2 rings (SSSR count). The first-order valence-corrected chi connectivity index (χ1v) is 4.72. The second-order valence-electron chi connectivity index (χ2n) is 3.13. The maximum Gasteiger partial charge on any atom is 0.390 e. The Bertz CT molecular complexity index is 591. The van der Waals surface area contributed by atoms with E-state index >= 15 is 0 Å². The zero-order valence-electron chi connectivity index (χ0n) is 9.18. The molecule has 18 heavy (non-hydrogen) atoms. The summed E-state index contributed by atoms with van der Waals surface area (Å²) in [5.74, 6) is -0.648. The van der Waals surface area contributed by atoms with Crippen molar-refractivity contribution in [3.8, 4) is 5.82 Å². The van der Waals surface area contributed by atoms with Crippen LogP contribution < -0.4 is 0 Å². The Kier molecular flexibility index (Phi) is 2.96. The highest BCUT2D eigenvalue weighted by Crippen LogP contribution is 2.09. The van der Waals surface area contributed by atoms with E-state index in [1.807, 2.05) is 0 Å². The number of esters is 1. The van der Waals surface area contributed by atoms with Crippen LogP contribution in [0.5, 0.6) is 0 Å². The first kappa shape index (κ1) is 11.6. The zero-order chi connectivity index (χ0) is 13.1. The number of ether oxygens (including phenoxy) is 1. The van der Waals surface area contributed by atoms with E-state index in [9.17, 15) is 14.9 Å². The van der Waals surface area contributed by atoms with Gasteiger partial charge in [-0.15, -0.1) is 4.68 Å². The normalized spacial score (nSPS) is 10.1. The van der Waals surface area contributed by atoms with Crippen LogP contribution in [0, 0.1) is 10.1 Å². The van der Waals surface area contributed by atoms with Crippen LogP contribution in [-0.4, -0.2) is 37.8 Å². The second kappa shape index (κ2) is 4.57. The molecule has 0 aliphatic heterocycles. The lowest BCUT2D eigenvalue weighted by Crippen LogP contribution is -2.07. The Balaban J connectivity index is 2.28. The summed E-state index contributed by atoms with van der Waals surface area (Å²) in [6, 6.07) is 1.23. The summed E-state index contributed by atoms with van der Waals surface area (Å²) in [6.07, 6.45) is 3.84. The molecule has 2 heterocycles. The van der Waals surface area contributed by atoms with Crippen LogP contribution in [0.2, 0.25) is 0 Å². The molecule has 0 bridgehead atoms. The van der Waals surface area contributed by atoms with Gasteiger partial charge in [0, 0.05) is 0 Å². The van der Waals surface area contributed by atoms with Crippen LogP contribution in [0.4, 0.5) is 5.82 Å². The predicted molar refractivity (Wildman–Crippen MR) is 57.1 cm³/mol. The van der Waals surface area contributed by atoms with Gasteiger partial charge in [0.2, 0.25) is 0 Å². The minimum absolute atomic E-state index is 0.0444. The highest BCUT2D eigenvalue weighted by molar-refractivity contribution is 5.86. The fourth-order valence-corrected chi connectivity index (χ4v) is 1.19. The van der Waals surface area contributed by atoms with Crippen LogP contribution >= 0.6 is 0 Å². The molecule has 0 N–H and O–H groups in total. The summed E-state index contributed by atoms with van der Waals surface area (Å²) >= 11 is 0. The largest absolute Gasteiger partial charge is 0.464 e. The molecule has 2 aromatic heterocycles. The number of nitrogens with zero attached hydrogens (tertiary/aromatic N) is 5. The molecule has 0 saturated heterocycles.